The molecule has 1 aromatic heterocycles. The number of aromatic amines is 1. The first-order chi connectivity index (χ1) is 9.58. The summed E-state index contributed by atoms with van der Waals surface area (Å²) in [6, 6.07) is 8.36. The SMILES string of the molecule is Cc1ccc(SCCNC(=O)c2n[nH]c(C)c2Br)cc1. The molecule has 0 aliphatic heterocycles. The predicted octanol–water partition coefficient (Wildman–Crippen LogP) is 3.31. The molecule has 0 atom stereocenters. The van der Waals surface area contributed by atoms with Crippen LogP contribution in [0.4, 0.5) is 0 Å². The maximum Gasteiger partial charge on any atom is 0.272 e. The summed E-state index contributed by atoms with van der Waals surface area (Å²) >= 11 is 5.06. The van der Waals surface area contributed by atoms with E-state index in [1.54, 1.807) is 11.8 Å². The number of nitrogens with one attached hydrogen (secondary N) is 2. The molecule has 1 amide bonds. The number of H-pyrrole nitrogens is 1. The van der Waals surface area contributed by atoms with E-state index in [4.69, 9.17) is 0 Å². The second kappa shape index (κ2) is 6.95. The molecule has 2 aromatic rings. The molecule has 2 rings (SSSR count). The van der Waals surface area contributed by atoms with Crippen molar-refractivity contribution in [2.75, 3.05) is 12.3 Å². The maximum atomic E-state index is 11.9. The molecule has 4 nitrogen and oxygen atoms in total. The molecular weight excluding hydrogens is 338 g/mol. The average molecular weight is 354 g/mol. The van der Waals surface area contributed by atoms with E-state index in [0.29, 0.717) is 12.2 Å². The van der Waals surface area contributed by atoms with Crippen LogP contribution in [0.3, 0.4) is 0 Å². The first-order valence-corrected chi connectivity index (χ1v) is 8.04. The fourth-order valence-electron chi connectivity index (χ4n) is 1.62. The van der Waals surface area contributed by atoms with Gasteiger partial charge in [0.15, 0.2) is 5.69 Å². The molecule has 0 radical (unpaired) electrons. The summed E-state index contributed by atoms with van der Waals surface area (Å²) in [6.07, 6.45) is 0. The second-order valence-corrected chi connectivity index (χ2v) is 6.39. The van der Waals surface area contributed by atoms with Gasteiger partial charge in [0.2, 0.25) is 0 Å². The topological polar surface area (TPSA) is 57.8 Å². The van der Waals surface area contributed by atoms with Crippen molar-refractivity contribution < 1.29 is 4.79 Å². The molecule has 6 heteroatoms. The summed E-state index contributed by atoms with van der Waals surface area (Å²) in [5, 5.41) is 9.61. The van der Waals surface area contributed by atoms with Crippen LogP contribution in [-0.4, -0.2) is 28.4 Å². The van der Waals surface area contributed by atoms with Crippen molar-refractivity contribution in [2.24, 2.45) is 0 Å². The Morgan fingerprint density at radius 3 is 2.65 bits per heavy atom. The molecule has 0 bridgehead atoms. The van der Waals surface area contributed by atoms with E-state index < -0.39 is 0 Å². The van der Waals surface area contributed by atoms with Crippen molar-refractivity contribution >= 4 is 33.6 Å². The number of carbonyl (C=O) groups is 1. The number of halogens is 1. The van der Waals surface area contributed by atoms with Crippen molar-refractivity contribution in [3.05, 3.63) is 45.7 Å². The normalized spacial score (nSPS) is 10.6. The Morgan fingerprint density at radius 2 is 2.05 bits per heavy atom. The molecular formula is C14H16BrN3OS. The Bertz CT molecular complexity index is 595. The number of carbonyl (C=O) groups excluding carboxylic acids is 1. The lowest BCUT2D eigenvalue weighted by atomic mass is 10.2. The molecule has 0 aliphatic carbocycles. The van der Waals surface area contributed by atoms with E-state index in [1.165, 1.54) is 10.5 Å². The monoisotopic (exact) mass is 353 g/mol. The fourth-order valence-corrected chi connectivity index (χ4v) is 2.74. The van der Waals surface area contributed by atoms with E-state index in [9.17, 15) is 4.79 Å². The second-order valence-electron chi connectivity index (χ2n) is 4.43. The lowest BCUT2D eigenvalue weighted by molar-refractivity contribution is 0.0950. The molecule has 1 aromatic carbocycles. The van der Waals surface area contributed by atoms with E-state index >= 15 is 0 Å². The first kappa shape index (κ1) is 15.1. The number of thioether (sulfide) groups is 1. The molecule has 0 saturated heterocycles. The standard InChI is InChI=1S/C14H16BrN3OS/c1-9-3-5-11(6-4-9)20-8-7-16-14(19)13-12(15)10(2)17-18-13/h3-6H,7-8H2,1-2H3,(H,16,19)(H,17,18). The Labute approximate surface area is 130 Å². The molecule has 0 saturated carbocycles. The quantitative estimate of drug-likeness (QED) is 0.640. The third-order valence-electron chi connectivity index (χ3n) is 2.76. The highest BCUT2D eigenvalue weighted by atomic mass is 79.9. The number of amides is 1. The highest BCUT2D eigenvalue weighted by molar-refractivity contribution is 9.10. The van der Waals surface area contributed by atoms with Gasteiger partial charge in [-0.15, -0.1) is 11.8 Å². The lowest BCUT2D eigenvalue weighted by Gasteiger charge is -2.04. The van der Waals surface area contributed by atoms with Crippen LogP contribution in [0.5, 0.6) is 0 Å². The van der Waals surface area contributed by atoms with Gasteiger partial charge >= 0.3 is 0 Å². The number of nitrogens with zero attached hydrogens (tertiary/aromatic N) is 1. The lowest BCUT2D eigenvalue weighted by Crippen LogP contribution is -2.26. The molecule has 106 valence electrons. The van der Waals surface area contributed by atoms with Crippen LogP contribution < -0.4 is 5.32 Å². The van der Waals surface area contributed by atoms with Gasteiger partial charge in [-0.2, -0.15) is 5.10 Å². The smallest absolute Gasteiger partial charge is 0.272 e. The molecule has 1 heterocycles. The highest BCUT2D eigenvalue weighted by Crippen LogP contribution is 2.19. The van der Waals surface area contributed by atoms with Gasteiger partial charge in [0, 0.05) is 22.9 Å². The number of benzene rings is 1. The van der Waals surface area contributed by atoms with Crippen molar-refractivity contribution in [3.63, 3.8) is 0 Å². The van der Waals surface area contributed by atoms with Crippen LogP contribution in [0.1, 0.15) is 21.7 Å². The zero-order valence-corrected chi connectivity index (χ0v) is 13.8. The summed E-state index contributed by atoms with van der Waals surface area (Å²) < 4.78 is 0.723. The van der Waals surface area contributed by atoms with Crippen LogP contribution in [0.25, 0.3) is 0 Å². The van der Waals surface area contributed by atoms with Crippen LogP contribution in [-0.2, 0) is 0 Å². The fraction of sp³-hybridized carbons (Fsp3) is 0.286. The van der Waals surface area contributed by atoms with Gasteiger partial charge in [0.05, 0.1) is 4.47 Å². The largest absolute Gasteiger partial charge is 0.350 e. The summed E-state index contributed by atoms with van der Waals surface area (Å²) in [6.45, 7) is 4.54. The molecule has 0 unspecified atom stereocenters. The number of aryl methyl sites for hydroxylation is 2. The Balaban J connectivity index is 1.77. The van der Waals surface area contributed by atoms with Gasteiger partial charge in [0.1, 0.15) is 0 Å². The van der Waals surface area contributed by atoms with Crippen LogP contribution >= 0.6 is 27.7 Å². The zero-order valence-electron chi connectivity index (χ0n) is 11.4. The Morgan fingerprint density at radius 1 is 1.35 bits per heavy atom. The van der Waals surface area contributed by atoms with Gasteiger partial charge < -0.3 is 5.32 Å². The van der Waals surface area contributed by atoms with Crippen LogP contribution in [0.2, 0.25) is 0 Å². The van der Waals surface area contributed by atoms with Gasteiger partial charge in [-0.25, -0.2) is 0 Å². The Kier molecular flexibility index (Phi) is 5.25. The number of hydrogen-bond acceptors (Lipinski definition) is 3. The van der Waals surface area contributed by atoms with E-state index in [2.05, 4.69) is 62.6 Å². The minimum atomic E-state index is -0.161. The summed E-state index contributed by atoms with van der Waals surface area (Å²) in [5.41, 5.74) is 2.51. The highest BCUT2D eigenvalue weighted by Gasteiger charge is 2.14. The third-order valence-corrected chi connectivity index (χ3v) is 4.75. The van der Waals surface area contributed by atoms with Gasteiger partial charge in [-0.1, -0.05) is 17.7 Å². The van der Waals surface area contributed by atoms with E-state index in [0.717, 1.165) is 15.9 Å². The van der Waals surface area contributed by atoms with Crippen molar-refractivity contribution in [3.8, 4) is 0 Å². The molecule has 0 spiro atoms. The summed E-state index contributed by atoms with van der Waals surface area (Å²) in [5.74, 6) is 0.668. The number of hydrogen-bond donors (Lipinski definition) is 2. The van der Waals surface area contributed by atoms with E-state index in [1.807, 2.05) is 6.92 Å². The molecule has 0 aliphatic rings. The van der Waals surface area contributed by atoms with Gasteiger partial charge in [-0.3, -0.25) is 9.89 Å². The van der Waals surface area contributed by atoms with Crippen LogP contribution in [0, 0.1) is 13.8 Å². The Hall–Kier alpha value is -1.27. The molecule has 2 N–H and O–H groups in total. The van der Waals surface area contributed by atoms with Crippen LogP contribution in [0.15, 0.2) is 33.6 Å². The summed E-state index contributed by atoms with van der Waals surface area (Å²) in [7, 11) is 0. The van der Waals surface area contributed by atoms with Crippen molar-refractivity contribution in [1.82, 2.24) is 15.5 Å². The van der Waals surface area contributed by atoms with Crippen molar-refractivity contribution in [1.29, 1.82) is 0 Å². The summed E-state index contributed by atoms with van der Waals surface area (Å²) in [4.78, 5) is 13.1. The number of aromatic nitrogens is 2. The minimum absolute atomic E-state index is 0.161. The molecule has 20 heavy (non-hydrogen) atoms. The number of rotatable bonds is 5. The predicted molar refractivity (Wildman–Crippen MR) is 85.3 cm³/mol. The van der Waals surface area contributed by atoms with Gasteiger partial charge in [0.25, 0.3) is 5.91 Å². The zero-order chi connectivity index (χ0) is 14.5. The first-order valence-electron chi connectivity index (χ1n) is 6.26. The minimum Gasteiger partial charge on any atom is -0.350 e. The maximum absolute atomic E-state index is 11.9. The average Bonchev–Trinajstić information content (AvgIpc) is 2.77. The molecule has 0 fully saturated rings. The third kappa shape index (κ3) is 3.86. The van der Waals surface area contributed by atoms with E-state index in [-0.39, 0.29) is 5.91 Å². The van der Waals surface area contributed by atoms with Gasteiger partial charge in [-0.05, 0) is 41.9 Å². The van der Waals surface area contributed by atoms with Crippen molar-refractivity contribution in [2.45, 2.75) is 18.7 Å².